The van der Waals surface area contributed by atoms with Crippen LogP contribution in [-0.2, 0) is 10.9 Å². The Morgan fingerprint density at radius 1 is 1.33 bits per heavy atom. The van der Waals surface area contributed by atoms with E-state index in [4.69, 9.17) is 10.00 Å². The van der Waals surface area contributed by atoms with Crippen LogP contribution < -0.4 is 5.32 Å². The van der Waals surface area contributed by atoms with E-state index in [0.717, 1.165) is 6.07 Å². The first kappa shape index (κ1) is 17.3. The van der Waals surface area contributed by atoms with Crippen LogP contribution in [0.2, 0.25) is 0 Å². The number of rotatable bonds is 5. The van der Waals surface area contributed by atoms with Gasteiger partial charge in [0.1, 0.15) is 0 Å². The fraction of sp³-hybridized carbons (Fsp3) is 0.533. The van der Waals surface area contributed by atoms with E-state index in [-0.39, 0.29) is 17.3 Å². The molecule has 0 spiro atoms. The van der Waals surface area contributed by atoms with Crippen LogP contribution in [0, 0.1) is 11.3 Å². The van der Waals surface area contributed by atoms with Gasteiger partial charge in [0.25, 0.3) is 0 Å². The van der Waals surface area contributed by atoms with Crippen LogP contribution >= 0.6 is 0 Å². The summed E-state index contributed by atoms with van der Waals surface area (Å²) in [6.07, 6.45) is -3.97. The highest BCUT2D eigenvalue weighted by atomic mass is 19.4. The Balaban J connectivity index is 3.01. The van der Waals surface area contributed by atoms with Gasteiger partial charge in [0.05, 0.1) is 22.8 Å². The van der Waals surface area contributed by atoms with E-state index in [9.17, 15) is 13.2 Å². The second-order valence-electron chi connectivity index (χ2n) is 5.58. The number of nitrogens with one attached hydrogen (secondary N) is 1. The minimum absolute atomic E-state index is 0.0160. The second kappa shape index (κ2) is 6.35. The Kier molecular flexibility index (Phi) is 5.24. The van der Waals surface area contributed by atoms with Crippen LogP contribution in [0.15, 0.2) is 18.2 Å². The third-order valence-corrected chi connectivity index (χ3v) is 3.21. The van der Waals surface area contributed by atoms with Crippen molar-refractivity contribution in [3.05, 3.63) is 29.3 Å². The van der Waals surface area contributed by atoms with Crippen molar-refractivity contribution < 1.29 is 17.9 Å². The van der Waals surface area contributed by atoms with Crippen molar-refractivity contribution in [2.75, 3.05) is 12.4 Å². The van der Waals surface area contributed by atoms with Crippen molar-refractivity contribution in [3.8, 4) is 6.07 Å². The van der Waals surface area contributed by atoms with E-state index in [0.29, 0.717) is 6.42 Å². The molecule has 0 heterocycles. The predicted octanol–water partition coefficient (Wildman–Crippen LogP) is 4.19. The summed E-state index contributed by atoms with van der Waals surface area (Å²) in [5, 5.41) is 11.6. The van der Waals surface area contributed by atoms with Crippen LogP contribution in [0.3, 0.4) is 0 Å². The van der Waals surface area contributed by atoms with Gasteiger partial charge in [0.2, 0.25) is 0 Å². The molecule has 1 aromatic carbocycles. The first-order chi connectivity index (χ1) is 9.59. The molecule has 0 radical (unpaired) electrons. The summed E-state index contributed by atoms with van der Waals surface area (Å²) < 4.78 is 44.4. The molecule has 0 aliphatic carbocycles. The van der Waals surface area contributed by atoms with Gasteiger partial charge in [-0.2, -0.15) is 18.4 Å². The predicted molar refractivity (Wildman–Crippen MR) is 74.9 cm³/mol. The van der Waals surface area contributed by atoms with Gasteiger partial charge in [-0.05, 0) is 45.4 Å². The summed E-state index contributed by atoms with van der Waals surface area (Å²) in [7, 11) is 1.57. The number of hydrogen-bond donors (Lipinski definition) is 1. The molecule has 6 heteroatoms. The van der Waals surface area contributed by atoms with E-state index in [1.807, 2.05) is 13.8 Å². The summed E-state index contributed by atoms with van der Waals surface area (Å²) in [5.74, 6) is 0. The fourth-order valence-corrected chi connectivity index (χ4v) is 2.11. The monoisotopic (exact) mass is 300 g/mol. The van der Waals surface area contributed by atoms with Gasteiger partial charge in [-0.3, -0.25) is 0 Å². The number of nitrogens with zero attached hydrogens (tertiary/aromatic N) is 1. The van der Waals surface area contributed by atoms with E-state index in [2.05, 4.69) is 5.32 Å². The number of nitriles is 1. The average Bonchev–Trinajstić information content (AvgIpc) is 2.37. The van der Waals surface area contributed by atoms with Gasteiger partial charge in [-0.15, -0.1) is 0 Å². The topological polar surface area (TPSA) is 45.0 Å². The Morgan fingerprint density at radius 3 is 2.43 bits per heavy atom. The van der Waals surface area contributed by atoms with Crippen molar-refractivity contribution in [2.24, 2.45) is 0 Å². The SMILES string of the molecule is COC(C)(C)CC(C)Nc1ccc(C#N)cc1C(F)(F)F. The Hall–Kier alpha value is -1.74. The minimum Gasteiger partial charge on any atom is -0.382 e. The van der Waals surface area contributed by atoms with E-state index < -0.39 is 17.3 Å². The molecule has 3 nitrogen and oxygen atoms in total. The maximum absolute atomic E-state index is 13.0. The van der Waals surface area contributed by atoms with Crippen LogP contribution in [0.5, 0.6) is 0 Å². The number of methoxy groups -OCH3 is 1. The maximum Gasteiger partial charge on any atom is 0.418 e. The number of benzene rings is 1. The zero-order chi connectivity index (χ0) is 16.3. The Morgan fingerprint density at radius 2 is 1.95 bits per heavy atom. The molecule has 0 aliphatic rings. The van der Waals surface area contributed by atoms with Gasteiger partial charge < -0.3 is 10.1 Å². The molecule has 0 saturated heterocycles. The Labute approximate surface area is 122 Å². The number of halogens is 3. The second-order valence-corrected chi connectivity index (χ2v) is 5.58. The number of ether oxygens (including phenoxy) is 1. The summed E-state index contributed by atoms with van der Waals surface area (Å²) in [4.78, 5) is 0. The molecule has 0 fully saturated rings. The molecule has 0 saturated carbocycles. The fourth-order valence-electron chi connectivity index (χ4n) is 2.11. The Bertz CT molecular complexity index is 533. The summed E-state index contributed by atoms with van der Waals surface area (Å²) >= 11 is 0. The summed E-state index contributed by atoms with van der Waals surface area (Å²) in [5.41, 5.74) is -1.31. The molecule has 1 rings (SSSR count). The maximum atomic E-state index is 13.0. The molecule has 1 unspecified atom stereocenters. The summed E-state index contributed by atoms with van der Waals surface area (Å²) in [6.45, 7) is 5.53. The van der Waals surface area contributed by atoms with Crippen LogP contribution in [0.25, 0.3) is 0 Å². The quantitative estimate of drug-likeness (QED) is 0.886. The highest BCUT2D eigenvalue weighted by Crippen LogP contribution is 2.36. The van der Waals surface area contributed by atoms with Gasteiger partial charge >= 0.3 is 6.18 Å². The first-order valence-corrected chi connectivity index (χ1v) is 6.52. The van der Waals surface area contributed by atoms with Gasteiger partial charge in [-0.1, -0.05) is 0 Å². The van der Waals surface area contributed by atoms with Crippen LogP contribution in [-0.4, -0.2) is 18.8 Å². The molecule has 0 aromatic heterocycles. The number of alkyl halides is 3. The normalized spacial score (nSPS) is 13.6. The third-order valence-electron chi connectivity index (χ3n) is 3.21. The largest absolute Gasteiger partial charge is 0.418 e. The average molecular weight is 300 g/mol. The van der Waals surface area contributed by atoms with Crippen molar-refractivity contribution in [2.45, 2.75) is 45.0 Å². The lowest BCUT2D eigenvalue weighted by Gasteiger charge is -2.28. The van der Waals surface area contributed by atoms with E-state index in [1.54, 1.807) is 20.1 Å². The first-order valence-electron chi connectivity index (χ1n) is 6.52. The van der Waals surface area contributed by atoms with E-state index in [1.165, 1.54) is 12.1 Å². The minimum atomic E-state index is -4.51. The van der Waals surface area contributed by atoms with Crippen molar-refractivity contribution in [1.29, 1.82) is 5.26 Å². The molecule has 116 valence electrons. The smallest absolute Gasteiger partial charge is 0.382 e. The highest BCUT2D eigenvalue weighted by molar-refractivity contribution is 5.56. The number of hydrogen-bond acceptors (Lipinski definition) is 3. The molecular formula is C15H19F3N2O. The van der Waals surface area contributed by atoms with E-state index >= 15 is 0 Å². The van der Waals surface area contributed by atoms with Gasteiger partial charge in [0.15, 0.2) is 0 Å². The van der Waals surface area contributed by atoms with Crippen molar-refractivity contribution >= 4 is 5.69 Å². The van der Waals surface area contributed by atoms with Crippen molar-refractivity contribution in [1.82, 2.24) is 0 Å². The highest BCUT2D eigenvalue weighted by Gasteiger charge is 2.34. The van der Waals surface area contributed by atoms with Gasteiger partial charge in [-0.25, -0.2) is 0 Å². The lowest BCUT2D eigenvalue weighted by molar-refractivity contribution is -0.137. The van der Waals surface area contributed by atoms with Gasteiger partial charge in [0, 0.05) is 18.8 Å². The standard InChI is InChI=1S/C15H19F3N2O/c1-10(8-14(2,3)21-4)20-13-6-5-11(9-19)7-12(13)15(16,17)18/h5-7,10,20H,8H2,1-4H3. The lowest BCUT2D eigenvalue weighted by Crippen LogP contribution is -2.31. The molecule has 1 atom stereocenters. The third kappa shape index (κ3) is 4.94. The molecule has 0 amide bonds. The lowest BCUT2D eigenvalue weighted by atomic mass is 9.99. The molecule has 1 aromatic rings. The molecule has 0 aliphatic heterocycles. The molecule has 1 N–H and O–H groups in total. The molecular weight excluding hydrogens is 281 g/mol. The zero-order valence-corrected chi connectivity index (χ0v) is 12.5. The molecule has 0 bridgehead atoms. The summed E-state index contributed by atoms with van der Waals surface area (Å²) in [6, 6.07) is 5.02. The number of anilines is 1. The molecule has 21 heavy (non-hydrogen) atoms. The van der Waals surface area contributed by atoms with Crippen LogP contribution in [0.4, 0.5) is 18.9 Å². The van der Waals surface area contributed by atoms with Crippen molar-refractivity contribution in [3.63, 3.8) is 0 Å². The van der Waals surface area contributed by atoms with Crippen LogP contribution in [0.1, 0.15) is 38.3 Å². The zero-order valence-electron chi connectivity index (χ0n) is 12.5.